The first-order valence-electron chi connectivity index (χ1n) is 25.6. The molecule has 11 nitrogen and oxygen atoms in total. The van der Waals surface area contributed by atoms with E-state index in [1.807, 2.05) is 0 Å². The maximum atomic E-state index is 12.3. The number of unbranched alkanes of at least 4 members (excludes halogenated alkanes) is 25. The third-order valence-corrected chi connectivity index (χ3v) is 11.5. The van der Waals surface area contributed by atoms with Gasteiger partial charge in [0.05, 0.1) is 33.0 Å². The summed E-state index contributed by atoms with van der Waals surface area (Å²) in [6.07, 6.45) is 39.4. The van der Waals surface area contributed by atoms with Crippen LogP contribution in [0.4, 0.5) is 0 Å². The van der Waals surface area contributed by atoms with Crippen molar-refractivity contribution in [2.45, 2.75) is 205 Å². The molecule has 0 atom stereocenters. The summed E-state index contributed by atoms with van der Waals surface area (Å²) in [6, 6.07) is 0. The molecule has 0 aliphatic rings. The van der Waals surface area contributed by atoms with E-state index >= 15 is 0 Å². The number of nitrogens with one attached hydrogen (secondary N) is 4. The Morgan fingerprint density at radius 1 is 0.400 bits per heavy atom. The van der Waals surface area contributed by atoms with Crippen molar-refractivity contribution >= 4 is 11.8 Å². The summed E-state index contributed by atoms with van der Waals surface area (Å²) in [5, 5.41) is 13.4. The lowest BCUT2D eigenvalue weighted by atomic mass is 10.00. The van der Waals surface area contributed by atoms with Crippen LogP contribution in [0.5, 0.6) is 0 Å². The van der Waals surface area contributed by atoms with Gasteiger partial charge in [-0.2, -0.15) is 0 Å². The molecule has 2 amide bonds. The molecule has 0 radical (unpaired) electrons. The second kappa shape index (κ2) is 52.0. The first kappa shape index (κ1) is 58.7. The van der Waals surface area contributed by atoms with Gasteiger partial charge in [-0.3, -0.25) is 9.59 Å². The summed E-state index contributed by atoms with van der Waals surface area (Å²) in [4.78, 5) is 24.2. The van der Waals surface area contributed by atoms with Crippen LogP contribution in [0.15, 0.2) is 0 Å². The number of carbonyl (C=O) groups is 2. The first-order chi connectivity index (χ1) is 29.6. The van der Waals surface area contributed by atoms with Crippen LogP contribution in [0.2, 0.25) is 0 Å². The van der Waals surface area contributed by atoms with Crippen molar-refractivity contribution in [2.75, 3.05) is 92.5 Å². The van der Waals surface area contributed by atoms with Crippen LogP contribution >= 0.6 is 0 Å². The number of hydrogen-bond donors (Lipinski definition) is 6. The summed E-state index contributed by atoms with van der Waals surface area (Å²) >= 11 is 0. The van der Waals surface area contributed by atoms with E-state index < -0.39 is 0 Å². The molecule has 0 aromatic carbocycles. The maximum Gasteiger partial charge on any atom is 0.222 e. The second-order valence-corrected chi connectivity index (χ2v) is 17.3. The largest absolute Gasteiger partial charge is 0.382 e. The Balaban J connectivity index is 3.38. The molecule has 358 valence electrons. The highest BCUT2D eigenvalue weighted by Crippen LogP contribution is 2.16. The highest BCUT2D eigenvalue weighted by molar-refractivity contribution is 5.76. The van der Waals surface area contributed by atoms with Gasteiger partial charge in [0.1, 0.15) is 0 Å². The zero-order chi connectivity index (χ0) is 43.5. The summed E-state index contributed by atoms with van der Waals surface area (Å²) in [7, 11) is 1.65. The molecule has 0 aromatic rings. The Hall–Kier alpha value is -1.34. The average Bonchev–Trinajstić information content (AvgIpc) is 3.25. The molecule has 8 N–H and O–H groups in total. The quantitative estimate of drug-likeness (QED) is 0.0328. The summed E-state index contributed by atoms with van der Waals surface area (Å²) < 4.78 is 15.7. The normalized spacial score (nSPS) is 11.5. The van der Waals surface area contributed by atoms with Gasteiger partial charge >= 0.3 is 0 Å². The van der Waals surface area contributed by atoms with Gasteiger partial charge in [0.2, 0.25) is 11.8 Å². The van der Waals surface area contributed by atoms with Gasteiger partial charge in [-0.1, -0.05) is 141 Å². The number of hydrogen-bond acceptors (Lipinski definition) is 9. The van der Waals surface area contributed by atoms with E-state index in [0.717, 1.165) is 97.3 Å². The zero-order valence-corrected chi connectivity index (χ0v) is 39.6. The number of rotatable bonds is 52. The van der Waals surface area contributed by atoms with E-state index in [-0.39, 0.29) is 11.8 Å². The van der Waals surface area contributed by atoms with Crippen LogP contribution in [0.1, 0.15) is 205 Å². The fraction of sp³-hybridized carbons (Fsp3) is 0.959. The van der Waals surface area contributed by atoms with Crippen LogP contribution in [0, 0.1) is 5.92 Å². The van der Waals surface area contributed by atoms with Gasteiger partial charge < -0.3 is 46.9 Å². The van der Waals surface area contributed by atoms with Gasteiger partial charge in [0.15, 0.2) is 0 Å². The molecule has 0 aliphatic carbocycles. The van der Waals surface area contributed by atoms with Crippen LogP contribution < -0.4 is 32.7 Å². The molecule has 0 spiro atoms. The Bertz CT molecular complexity index is 843. The topological polar surface area (TPSA) is 162 Å². The van der Waals surface area contributed by atoms with Crippen molar-refractivity contribution in [3.05, 3.63) is 0 Å². The maximum absolute atomic E-state index is 12.3. The molecule has 0 saturated heterocycles. The molecule has 0 aromatic heterocycles. The molecule has 60 heavy (non-hydrogen) atoms. The molecule has 0 saturated carbocycles. The third-order valence-electron chi connectivity index (χ3n) is 11.5. The van der Waals surface area contributed by atoms with Crippen LogP contribution in [0.25, 0.3) is 0 Å². The Labute approximate surface area is 371 Å². The fourth-order valence-corrected chi connectivity index (χ4v) is 7.62. The SMILES string of the molecule is COCCOCCOCCC(=O)NCCCCCCCCCCCCCCCCCCCCCCCC(=O)NCCCCCCC(CNCCCCN)CNCCCCN. The van der Waals surface area contributed by atoms with Crippen molar-refractivity contribution in [1.29, 1.82) is 0 Å². The van der Waals surface area contributed by atoms with Crippen molar-refractivity contribution in [3.8, 4) is 0 Å². The van der Waals surface area contributed by atoms with Crippen molar-refractivity contribution in [2.24, 2.45) is 17.4 Å². The highest BCUT2D eigenvalue weighted by atomic mass is 16.5. The van der Waals surface area contributed by atoms with Crippen molar-refractivity contribution < 1.29 is 23.8 Å². The van der Waals surface area contributed by atoms with E-state index in [1.165, 1.54) is 148 Å². The Morgan fingerprint density at radius 3 is 1.18 bits per heavy atom. The number of amides is 2. The number of ether oxygens (including phenoxy) is 3. The number of nitrogens with two attached hydrogens (primary N) is 2. The lowest BCUT2D eigenvalue weighted by Gasteiger charge is -2.18. The van der Waals surface area contributed by atoms with Gasteiger partial charge in [0.25, 0.3) is 0 Å². The summed E-state index contributed by atoms with van der Waals surface area (Å²) in [6.45, 7) is 10.1. The lowest BCUT2D eigenvalue weighted by Crippen LogP contribution is -2.32. The molecule has 0 bridgehead atoms. The minimum Gasteiger partial charge on any atom is -0.382 e. The van der Waals surface area contributed by atoms with Crippen LogP contribution in [0.3, 0.4) is 0 Å². The van der Waals surface area contributed by atoms with E-state index in [4.69, 9.17) is 25.7 Å². The predicted molar refractivity (Wildman–Crippen MR) is 255 cm³/mol. The van der Waals surface area contributed by atoms with Gasteiger partial charge in [0, 0.05) is 33.0 Å². The Morgan fingerprint density at radius 2 is 0.750 bits per heavy atom. The van der Waals surface area contributed by atoms with E-state index in [2.05, 4.69) is 21.3 Å². The minimum absolute atomic E-state index is 0.0774. The van der Waals surface area contributed by atoms with Crippen LogP contribution in [-0.4, -0.2) is 104 Å². The predicted octanol–water partition coefficient (Wildman–Crippen LogP) is 9.09. The average molecular weight is 855 g/mol. The monoisotopic (exact) mass is 855 g/mol. The molecule has 0 rings (SSSR count). The smallest absolute Gasteiger partial charge is 0.222 e. The Kier molecular flexibility index (Phi) is 50.8. The van der Waals surface area contributed by atoms with Gasteiger partial charge in [-0.05, 0) is 96.6 Å². The van der Waals surface area contributed by atoms with E-state index in [0.29, 0.717) is 51.8 Å². The minimum atomic E-state index is 0.0774. The van der Waals surface area contributed by atoms with E-state index in [9.17, 15) is 9.59 Å². The molecule has 0 unspecified atom stereocenters. The second-order valence-electron chi connectivity index (χ2n) is 17.3. The van der Waals surface area contributed by atoms with E-state index in [1.54, 1.807) is 7.11 Å². The molecular weight excluding hydrogens is 753 g/mol. The molecule has 0 aliphatic heterocycles. The van der Waals surface area contributed by atoms with Crippen molar-refractivity contribution in [1.82, 2.24) is 21.3 Å². The van der Waals surface area contributed by atoms with Gasteiger partial charge in [-0.15, -0.1) is 0 Å². The molecule has 0 heterocycles. The van der Waals surface area contributed by atoms with Crippen LogP contribution in [-0.2, 0) is 23.8 Å². The number of methoxy groups -OCH3 is 1. The first-order valence-corrected chi connectivity index (χ1v) is 25.6. The summed E-state index contributed by atoms with van der Waals surface area (Å²) in [5.74, 6) is 0.988. The van der Waals surface area contributed by atoms with Gasteiger partial charge in [-0.25, -0.2) is 0 Å². The molecular formula is C49H102N6O5. The summed E-state index contributed by atoms with van der Waals surface area (Å²) in [5.41, 5.74) is 11.3. The fourth-order valence-electron chi connectivity index (χ4n) is 7.62. The third kappa shape index (κ3) is 49.3. The zero-order valence-electron chi connectivity index (χ0n) is 39.6. The number of carbonyl (C=O) groups excluding carboxylic acids is 2. The lowest BCUT2D eigenvalue weighted by molar-refractivity contribution is -0.122. The van der Waals surface area contributed by atoms with Crippen molar-refractivity contribution in [3.63, 3.8) is 0 Å². The molecule has 0 fully saturated rings. The highest BCUT2D eigenvalue weighted by Gasteiger charge is 2.09. The molecule has 11 heteroatoms. The standard InChI is InChI=1S/C49H102N6O5/c1-58-41-42-60-44-43-59-40-33-49(57)55-39-27-21-18-16-14-12-10-8-6-4-2-3-5-7-9-11-13-15-17-19-24-32-48(56)54-38-28-22-20-23-31-47(45-52-36-29-25-34-50)46-53-37-30-26-35-51/h47,52-53H,2-46,50-51H2,1H3,(H,54,56)(H,55,57).